The smallest absolute Gasteiger partial charge is 0.188 e. The van der Waals surface area contributed by atoms with Gasteiger partial charge in [0.25, 0.3) is 0 Å². The standard InChI is InChI=1S/C33H58O15/c1-7-10-32(5,6)17-8-11-33(12-9-17,15(2)3)48-31-28(47-29-25(41)23(39)20(36)16(4)43-29)27(22(38)19(14-35)45-31)46-30-26(42)24(40)21(37)18(13-34)44-30/h16-31,34-42H,2,7-14H2,1,3-6H3/t16?,17?,18?,19?,20-,21+,22+,23?,24?,25?,26?,27?,28?,29-,30-,31-,33?/m0/s1. The third-order valence-corrected chi connectivity index (χ3v) is 11.0. The highest BCUT2D eigenvalue weighted by molar-refractivity contribution is 5.14. The highest BCUT2D eigenvalue weighted by atomic mass is 16.8. The molecule has 1 saturated carbocycles. The zero-order valence-corrected chi connectivity index (χ0v) is 28.6. The molecule has 0 spiro atoms. The first-order valence-electron chi connectivity index (χ1n) is 17.1. The van der Waals surface area contributed by atoms with Crippen molar-refractivity contribution >= 4 is 0 Å². The van der Waals surface area contributed by atoms with Gasteiger partial charge in [-0.2, -0.15) is 0 Å². The van der Waals surface area contributed by atoms with Crippen LogP contribution in [0.4, 0.5) is 0 Å². The molecule has 3 saturated heterocycles. The van der Waals surface area contributed by atoms with Gasteiger partial charge in [0.2, 0.25) is 0 Å². The van der Waals surface area contributed by atoms with Gasteiger partial charge in [0.1, 0.15) is 67.1 Å². The zero-order valence-electron chi connectivity index (χ0n) is 28.6. The highest BCUT2D eigenvalue weighted by Crippen LogP contribution is 2.48. The molecule has 1 aliphatic carbocycles. The molecule has 4 rings (SSSR count). The summed E-state index contributed by atoms with van der Waals surface area (Å²) in [6.45, 7) is 12.8. The fourth-order valence-corrected chi connectivity index (χ4v) is 7.63. The van der Waals surface area contributed by atoms with Crippen molar-refractivity contribution in [2.45, 2.75) is 171 Å². The van der Waals surface area contributed by atoms with Crippen LogP contribution < -0.4 is 0 Å². The van der Waals surface area contributed by atoms with Gasteiger partial charge in [-0.1, -0.05) is 33.8 Å². The Hall–Kier alpha value is -0.860. The molecule has 9 N–H and O–H groups in total. The number of hydrogen-bond donors (Lipinski definition) is 9. The highest BCUT2D eigenvalue weighted by Gasteiger charge is 2.56. The number of rotatable bonds is 12. The Labute approximate surface area is 282 Å². The van der Waals surface area contributed by atoms with E-state index >= 15 is 0 Å². The molecule has 0 bridgehead atoms. The van der Waals surface area contributed by atoms with Gasteiger partial charge < -0.3 is 74.4 Å². The van der Waals surface area contributed by atoms with Crippen molar-refractivity contribution < 1.29 is 74.4 Å². The molecule has 48 heavy (non-hydrogen) atoms. The Morgan fingerprint density at radius 2 is 1.23 bits per heavy atom. The fourth-order valence-electron chi connectivity index (χ4n) is 7.63. The van der Waals surface area contributed by atoms with Crippen LogP contribution in [0.5, 0.6) is 0 Å². The van der Waals surface area contributed by atoms with Crippen LogP contribution in [0.2, 0.25) is 0 Å². The molecule has 0 aromatic carbocycles. The van der Waals surface area contributed by atoms with E-state index in [1.54, 1.807) is 0 Å². The molecule has 0 radical (unpaired) electrons. The first-order chi connectivity index (χ1) is 22.5. The van der Waals surface area contributed by atoms with Crippen molar-refractivity contribution in [3.8, 4) is 0 Å². The van der Waals surface area contributed by atoms with Crippen LogP contribution in [0.3, 0.4) is 0 Å². The SMILES string of the molecule is C=C(C)C1(O[C@@H]2OC(CO)[C@@H](O)C(O[C@@H]3OC(CO)[C@@H](O)C(O)C3O)C2O[C@@H]2OC(C)[C@H](O)C(O)C2O)CCC(C(C)(C)CCC)CC1. The van der Waals surface area contributed by atoms with Gasteiger partial charge in [0.15, 0.2) is 18.9 Å². The van der Waals surface area contributed by atoms with Gasteiger partial charge in [-0.15, -0.1) is 0 Å². The van der Waals surface area contributed by atoms with Crippen molar-refractivity contribution in [3.05, 3.63) is 12.2 Å². The third-order valence-electron chi connectivity index (χ3n) is 11.0. The summed E-state index contributed by atoms with van der Waals surface area (Å²) >= 11 is 0. The maximum atomic E-state index is 11.4. The minimum absolute atomic E-state index is 0.107. The van der Waals surface area contributed by atoms with Crippen LogP contribution in [0.1, 0.15) is 73.1 Å². The van der Waals surface area contributed by atoms with E-state index in [2.05, 4.69) is 27.4 Å². The number of ether oxygens (including phenoxy) is 6. The van der Waals surface area contributed by atoms with E-state index in [-0.39, 0.29) is 5.41 Å². The van der Waals surface area contributed by atoms with Crippen molar-refractivity contribution in [3.63, 3.8) is 0 Å². The second kappa shape index (κ2) is 16.2. The molecule has 280 valence electrons. The number of hydrogen-bond acceptors (Lipinski definition) is 15. The first kappa shape index (κ1) is 39.9. The molecule has 3 aliphatic heterocycles. The lowest BCUT2D eigenvalue weighted by molar-refractivity contribution is -0.398. The van der Waals surface area contributed by atoms with Crippen molar-refractivity contribution in [2.24, 2.45) is 11.3 Å². The van der Waals surface area contributed by atoms with Crippen LogP contribution in [0, 0.1) is 11.3 Å². The molecule has 0 amide bonds. The van der Waals surface area contributed by atoms with E-state index in [1.807, 2.05) is 6.92 Å². The molecular formula is C33H58O15. The summed E-state index contributed by atoms with van der Waals surface area (Å²) in [5.74, 6) is 0.419. The Bertz CT molecular complexity index is 1030. The lowest BCUT2D eigenvalue weighted by Crippen LogP contribution is -2.67. The van der Waals surface area contributed by atoms with Crippen molar-refractivity contribution in [2.75, 3.05) is 13.2 Å². The molecule has 9 unspecified atom stereocenters. The normalized spacial score (nSPS) is 47.5. The largest absolute Gasteiger partial charge is 0.394 e. The average molecular weight is 695 g/mol. The van der Waals surface area contributed by atoms with E-state index in [0.717, 1.165) is 25.7 Å². The Morgan fingerprint density at radius 3 is 1.77 bits per heavy atom. The molecule has 4 aliphatic rings. The van der Waals surface area contributed by atoms with E-state index < -0.39 is 111 Å². The minimum atomic E-state index is -1.84. The van der Waals surface area contributed by atoms with Gasteiger partial charge in [0.05, 0.1) is 24.9 Å². The van der Waals surface area contributed by atoms with E-state index in [1.165, 1.54) is 6.92 Å². The third kappa shape index (κ3) is 8.11. The van der Waals surface area contributed by atoms with Crippen LogP contribution in [-0.4, -0.2) is 157 Å². The Kier molecular flexibility index (Phi) is 13.5. The molecular weight excluding hydrogens is 636 g/mol. The summed E-state index contributed by atoms with van der Waals surface area (Å²) in [5.41, 5.74) is -0.123. The quantitative estimate of drug-likeness (QED) is 0.109. The van der Waals surface area contributed by atoms with Crippen molar-refractivity contribution in [1.82, 2.24) is 0 Å². The van der Waals surface area contributed by atoms with Crippen molar-refractivity contribution in [1.29, 1.82) is 0 Å². The first-order valence-corrected chi connectivity index (χ1v) is 17.1. The maximum Gasteiger partial charge on any atom is 0.188 e. The monoisotopic (exact) mass is 694 g/mol. The van der Waals surface area contributed by atoms with Gasteiger partial charge in [0, 0.05) is 0 Å². The molecule has 15 atom stereocenters. The topological polar surface area (TPSA) is 237 Å². The van der Waals surface area contributed by atoms with Crippen LogP contribution in [0.15, 0.2) is 12.2 Å². The summed E-state index contributed by atoms with van der Waals surface area (Å²) in [5, 5.41) is 94.5. The molecule has 3 heterocycles. The summed E-state index contributed by atoms with van der Waals surface area (Å²) in [7, 11) is 0. The van der Waals surface area contributed by atoms with E-state index in [0.29, 0.717) is 24.3 Å². The van der Waals surface area contributed by atoms with E-state index in [9.17, 15) is 46.0 Å². The Balaban J connectivity index is 1.69. The Morgan fingerprint density at radius 1 is 0.729 bits per heavy atom. The molecule has 0 aromatic heterocycles. The summed E-state index contributed by atoms with van der Waals surface area (Å²) in [6, 6.07) is 0. The molecule has 0 aromatic rings. The fraction of sp³-hybridized carbons (Fsp3) is 0.939. The maximum absolute atomic E-state index is 11.4. The van der Waals surface area contributed by atoms with Gasteiger partial charge >= 0.3 is 0 Å². The summed E-state index contributed by atoms with van der Waals surface area (Å²) < 4.78 is 36.3. The second-order valence-electron chi connectivity index (χ2n) is 14.7. The molecule has 15 heteroatoms. The average Bonchev–Trinajstić information content (AvgIpc) is 3.05. The van der Waals surface area contributed by atoms with Crippen LogP contribution in [-0.2, 0) is 28.4 Å². The van der Waals surface area contributed by atoms with Gasteiger partial charge in [-0.25, -0.2) is 0 Å². The zero-order chi connectivity index (χ0) is 35.7. The van der Waals surface area contributed by atoms with Gasteiger partial charge in [-0.3, -0.25) is 0 Å². The van der Waals surface area contributed by atoms with Crippen LogP contribution in [0.25, 0.3) is 0 Å². The summed E-state index contributed by atoms with van der Waals surface area (Å²) in [6.07, 6.45) is -18.4. The predicted molar refractivity (Wildman–Crippen MR) is 167 cm³/mol. The minimum Gasteiger partial charge on any atom is -0.394 e. The van der Waals surface area contributed by atoms with E-state index in [4.69, 9.17) is 28.4 Å². The molecule has 15 nitrogen and oxygen atoms in total. The van der Waals surface area contributed by atoms with Gasteiger partial charge in [-0.05, 0) is 62.9 Å². The lowest BCUT2D eigenvalue weighted by Gasteiger charge is -2.52. The summed E-state index contributed by atoms with van der Waals surface area (Å²) in [4.78, 5) is 0. The number of aliphatic hydroxyl groups excluding tert-OH is 9. The second-order valence-corrected chi connectivity index (χ2v) is 14.7. The number of aliphatic hydroxyl groups is 9. The van der Waals surface area contributed by atoms with Crippen LogP contribution >= 0.6 is 0 Å². The molecule has 4 fully saturated rings. The lowest BCUT2D eigenvalue weighted by atomic mass is 9.65. The predicted octanol–water partition coefficient (Wildman–Crippen LogP) is -1.19.